The Bertz CT molecular complexity index is 979. The van der Waals surface area contributed by atoms with E-state index in [1.807, 2.05) is 23.1 Å². The van der Waals surface area contributed by atoms with Crippen LogP contribution in [-0.2, 0) is 28.2 Å². The van der Waals surface area contributed by atoms with Crippen LogP contribution in [0.25, 0.3) is 10.9 Å². The van der Waals surface area contributed by atoms with Gasteiger partial charge in [0.25, 0.3) is 0 Å². The Labute approximate surface area is 165 Å². The van der Waals surface area contributed by atoms with Gasteiger partial charge >= 0.3 is 5.97 Å². The Kier molecular flexibility index (Phi) is 5.22. The Morgan fingerprint density at radius 3 is 3.00 bits per heavy atom. The molecule has 140 valence electrons. The van der Waals surface area contributed by atoms with Crippen LogP contribution in [0.1, 0.15) is 26.5 Å². The number of aromatic nitrogens is 1. The van der Waals surface area contributed by atoms with Crippen LogP contribution in [0, 0.1) is 0 Å². The molecular weight excluding hydrogens is 380 g/mol. The largest absolute Gasteiger partial charge is 0.465 e. The molecule has 3 aromatic rings. The predicted octanol–water partition coefficient (Wildman–Crippen LogP) is 3.83. The van der Waals surface area contributed by atoms with E-state index in [0.29, 0.717) is 17.9 Å². The van der Waals surface area contributed by atoms with Gasteiger partial charge in [-0.15, -0.1) is 23.1 Å². The number of nitrogens with zero attached hydrogens (tertiary/aromatic N) is 1. The molecule has 0 saturated carbocycles. The second-order valence-corrected chi connectivity index (χ2v) is 8.49. The number of thiophene rings is 1. The molecule has 0 bridgehead atoms. The lowest BCUT2D eigenvalue weighted by Gasteiger charge is -2.27. The highest BCUT2D eigenvalue weighted by atomic mass is 32.2. The molecule has 0 aliphatic carbocycles. The van der Waals surface area contributed by atoms with Crippen molar-refractivity contribution in [2.75, 3.05) is 19.4 Å². The lowest BCUT2D eigenvalue weighted by Crippen LogP contribution is -2.36. The van der Waals surface area contributed by atoms with E-state index >= 15 is 0 Å². The fraction of sp³-hybridized carbons (Fsp3) is 0.300. The van der Waals surface area contributed by atoms with E-state index in [0.717, 1.165) is 40.9 Å². The van der Waals surface area contributed by atoms with Crippen molar-refractivity contribution in [3.05, 3.63) is 57.4 Å². The molecule has 1 aromatic carbocycles. The number of fused-ring (bicyclic) bond motifs is 3. The van der Waals surface area contributed by atoms with Gasteiger partial charge in [0.2, 0.25) is 5.91 Å². The minimum Gasteiger partial charge on any atom is -0.465 e. The minimum absolute atomic E-state index is 0.167. The van der Waals surface area contributed by atoms with E-state index in [-0.39, 0.29) is 11.9 Å². The van der Waals surface area contributed by atoms with Crippen molar-refractivity contribution in [2.24, 2.45) is 0 Å². The van der Waals surface area contributed by atoms with Crippen LogP contribution in [0.15, 0.2) is 35.7 Å². The Hall–Kier alpha value is -2.25. The van der Waals surface area contributed by atoms with E-state index in [2.05, 4.69) is 16.4 Å². The van der Waals surface area contributed by atoms with Crippen LogP contribution in [-0.4, -0.2) is 41.2 Å². The molecule has 0 radical (unpaired) electrons. The number of carbonyl (C=O) groups is 2. The van der Waals surface area contributed by atoms with Crippen molar-refractivity contribution in [2.45, 2.75) is 18.7 Å². The zero-order valence-corrected chi connectivity index (χ0v) is 16.6. The van der Waals surface area contributed by atoms with Gasteiger partial charge in [0.15, 0.2) is 0 Å². The third-order valence-electron chi connectivity index (χ3n) is 4.80. The van der Waals surface area contributed by atoms with E-state index in [1.54, 1.807) is 29.2 Å². The number of aromatic amines is 1. The maximum absolute atomic E-state index is 12.6. The van der Waals surface area contributed by atoms with Crippen molar-refractivity contribution >= 4 is 45.9 Å². The summed E-state index contributed by atoms with van der Waals surface area (Å²) in [4.78, 5) is 31.1. The minimum atomic E-state index is -0.347. The molecule has 0 atom stereocenters. The molecule has 0 saturated heterocycles. The second kappa shape index (κ2) is 7.78. The number of amides is 1. The summed E-state index contributed by atoms with van der Waals surface area (Å²) in [5.41, 5.74) is 3.79. The Morgan fingerprint density at radius 2 is 2.22 bits per heavy atom. The summed E-state index contributed by atoms with van der Waals surface area (Å²) in [5.74, 6) is 1.18. The average molecular weight is 401 g/mol. The summed E-state index contributed by atoms with van der Waals surface area (Å²) < 4.78 is 4.82. The summed E-state index contributed by atoms with van der Waals surface area (Å²) in [6.07, 6.45) is 0.804. The van der Waals surface area contributed by atoms with Crippen molar-refractivity contribution in [1.82, 2.24) is 9.88 Å². The molecular formula is C20H20N2O3S2. The molecule has 3 heterocycles. The molecule has 7 heteroatoms. The highest BCUT2D eigenvalue weighted by molar-refractivity contribution is 7.99. The zero-order chi connectivity index (χ0) is 18.8. The molecule has 2 aromatic heterocycles. The molecule has 0 unspecified atom stereocenters. The van der Waals surface area contributed by atoms with Gasteiger partial charge in [0.05, 0.1) is 18.4 Å². The van der Waals surface area contributed by atoms with Crippen LogP contribution in [0.3, 0.4) is 0 Å². The summed E-state index contributed by atoms with van der Waals surface area (Å²) in [6.45, 7) is 1.31. The summed E-state index contributed by atoms with van der Waals surface area (Å²) in [5, 5.41) is 3.06. The number of nitrogens with one attached hydrogen (secondary N) is 1. The summed E-state index contributed by atoms with van der Waals surface area (Å²) in [7, 11) is 1.38. The first kappa shape index (κ1) is 18.1. The highest BCUT2D eigenvalue weighted by Crippen LogP contribution is 2.29. The Morgan fingerprint density at radius 1 is 1.33 bits per heavy atom. The zero-order valence-electron chi connectivity index (χ0n) is 15.0. The normalized spacial score (nSPS) is 13.6. The van der Waals surface area contributed by atoms with Gasteiger partial charge in [-0.25, -0.2) is 4.79 Å². The molecule has 5 nitrogen and oxygen atoms in total. The van der Waals surface area contributed by atoms with Crippen LogP contribution in [0.4, 0.5) is 0 Å². The maximum atomic E-state index is 12.6. The standard InChI is InChI=1S/C20H20N2O3S2/c1-25-20(24)13-4-5-17-15(9-13)16-10-22(7-6-18(16)21-17)19(23)12-26-11-14-3-2-8-27-14/h2-5,8-9,21H,6-7,10-12H2,1H3. The number of thioether (sulfide) groups is 1. The molecule has 1 N–H and O–H groups in total. The molecule has 1 aliphatic heterocycles. The van der Waals surface area contributed by atoms with E-state index in [9.17, 15) is 9.59 Å². The third kappa shape index (κ3) is 3.75. The molecule has 27 heavy (non-hydrogen) atoms. The third-order valence-corrected chi connectivity index (χ3v) is 6.82. The van der Waals surface area contributed by atoms with Gasteiger partial charge in [-0.3, -0.25) is 4.79 Å². The average Bonchev–Trinajstić information content (AvgIpc) is 3.33. The topological polar surface area (TPSA) is 62.4 Å². The Balaban J connectivity index is 1.47. The molecule has 0 fully saturated rings. The van der Waals surface area contributed by atoms with Crippen LogP contribution < -0.4 is 0 Å². The summed E-state index contributed by atoms with van der Waals surface area (Å²) >= 11 is 3.38. The van der Waals surface area contributed by atoms with Gasteiger partial charge in [-0.05, 0) is 29.6 Å². The molecule has 4 rings (SSSR count). The van der Waals surface area contributed by atoms with E-state index < -0.39 is 0 Å². The van der Waals surface area contributed by atoms with Gasteiger partial charge in [-0.2, -0.15) is 0 Å². The number of rotatable bonds is 5. The van der Waals surface area contributed by atoms with Crippen LogP contribution >= 0.6 is 23.1 Å². The van der Waals surface area contributed by atoms with E-state index in [4.69, 9.17) is 4.74 Å². The van der Waals surface area contributed by atoms with Crippen molar-refractivity contribution < 1.29 is 14.3 Å². The number of ether oxygens (including phenoxy) is 1. The fourth-order valence-electron chi connectivity index (χ4n) is 3.40. The molecule has 1 amide bonds. The molecule has 1 aliphatic rings. The predicted molar refractivity (Wildman–Crippen MR) is 109 cm³/mol. The number of carbonyl (C=O) groups excluding carboxylic acids is 2. The lowest BCUT2D eigenvalue weighted by atomic mass is 10.0. The first-order valence-electron chi connectivity index (χ1n) is 8.75. The van der Waals surface area contributed by atoms with Crippen molar-refractivity contribution in [3.8, 4) is 0 Å². The number of benzene rings is 1. The fourth-order valence-corrected chi connectivity index (χ4v) is 5.16. The number of methoxy groups -OCH3 is 1. The van der Waals surface area contributed by atoms with Gasteiger partial charge in [0.1, 0.15) is 0 Å². The lowest BCUT2D eigenvalue weighted by molar-refractivity contribution is -0.129. The quantitative estimate of drug-likeness (QED) is 0.661. The number of hydrogen-bond acceptors (Lipinski definition) is 5. The van der Waals surface area contributed by atoms with Gasteiger partial charge in [0, 0.05) is 52.3 Å². The van der Waals surface area contributed by atoms with Crippen LogP contribution in [0.2, 0.25) is 0 Å². The smallest absolute Gasteiger partial charge is 0.337 e. The number of hydrogen-bond donors (Lipinski definition) is 1. The van der Waals surface area contributed by atoms with Gasteiger partial charge < -0.3 is 14.6 Å². The van der Waals surface area contributed by atoms with Crippen LogP contribution in [0.5, 0.6) is 0 Å². The van der Waals surface area contributed by atoms with Gasteiger partial charge in [-0.1, -0.05) is 6.07 Å². The van der Waals surface area contributed by atoms with Crippen molar-refractivity contribution in [3.63, 3.8) is 0 Å². The SMILES string of the molecule is COC(=O)c1ccc2[nH]c3c(c2c1)CN(C(=O)CSCc1cccs1)CC3. The summed E-state index contributed by atoms with van der Waals surface area (Å²) in [6, 6.07) is 9.66. The maximum Gasteiger partial charge on any atom is 0.337 e. The molecule has 0 spiro atoms. The highest BCUT2D eigenvalue weighted by Gasteiger charge is 2.24. The van der Waals surface area contributed by atoms with E-state index in [1.165, 1.54) is 12.0 Å². The first-order valence-corrected chi connectivity index (χ1v) is 10.8. The van der Waals surface area contributed by atoms with Crippen molar-refractivity contribution in [1.29, 1.82) is 0 Å². The number of H-pyrrole nitrogens is 1. The number of esters is 1. The monoisotopic (exact) mass is 400 g/mol. The first-order chi connectivity index (χ1) is 13.2. The second-order valence-electron chi connectivity index (χ2n) is 6.47.